The van der Waals surface area contributed by atoms with Gasteiger partial charge in [0.15, 0.2) is 0 Å². The average Bonchev–Trinajstić information content (AvgIpc) is 2.26. The molecule has 0 aromatic carbocycles. The summed E-state index contributed by atoms with van der Waals surface area (Å²) in [6, 6.07) is 2.04. The van der Waals surface area contributed by atoms with Crippen LogP contribution in [-0.2, 0) is 4.74 Å². The molecule has 84 valence electrons. The van der Waals surface area contributed by atoms with Gasteiger partial charge in [-0.2, -0.15) is 0 Å². The molecule has 4 heteroatoms. The molecule has 1 heterocycles. The van der Waals surface area contributed by atoms with E-state index in [1.165, 1.54) is 0 Å². The molecule has 0 unspecified atom stereocenters. The normalized spacial score (nSPS) is 10.0. The molecule has 15 heavy (non-hydrogen) atoms. The van der Waals surface area contributed by atoms with E-state index in [4.69, 9.17) is 4.74 Å². The summed E-state index contributed by atoms with van der Waals surface area (Å²) in [5.74, 6) is 0. The third kappa shape index (κ3) is 4.65. The van der Waals surface area contributed by atoms with Gasteiger partial charge in [-0.15, -0.1) is 0 Å². The van der Waals surface area contributed by atoms with Crippen LogP contribution in [0.15, 0.2) is 18.5 Å². The molecular weight excluding hydrogens is 190 g/mol. The summed E-state index contributed by atoms with van der Waals surface area (Å²) in [7, 11) is 0. The quantitative estimate of drug-likeness (QED) is 0.674. The molecule has 0 atom stereocenters. The van der Waals surface area contributed by atoms with Crippen LogP contribution in [0.4, 0.5) is 11.4 Å². The van der Waals surface area contributed by atoms with Gasteiger partial charge >= 0.3 is 0 Å². The summed E-state index contributed by atoms with van der Waals surface area (Å²) in [5.41, 5.74) is 2.06. The molecule has 0 saturated heterocycles. The Morgan fingerprint density at radius 1 is 1.20 bits per heavy atom. The Kier molecular flexibility index (Phi) is 5.55. The SMILES string of the molecule is CCNc1cncc(NCCOCC)c1. The number of rotatable bonds is 7. The second-order valence-corrected chi connectivity index (χ2v) is 3.12. The average molecular weight is 209 g/mol. The predicted molar refractivity (Wildman–Crippen MR) is 63.4 cm³/mol. The van der Waals surface area contributed by atoms with Crippen molar-refractivity contribution < 1.29 is 4.74 Å². The molecule has 0 bridgehead atoms. The van der Waals surface area contributed by atoms with Crippen LogP contribution in [0, 0.1) is 0 Å². The summed E-state index contributed by atoms with van der Waals surface area (Å²) < 4.78 is 5.23. The van der Waals surface area contributed by atoms with Crippen molar-refractivity contribution in [1.29, 1.82) is 0 Å². The smallest absolute Gasteiger partial charge is 0.0638 e. The van der Waals surface area contributed by atoms with E-state index < -0.39 is 0 Å². The molecule has 0 saturated carbocycles. The van der Waals surface area contributed by atoms with Gasteiger partial charge in [-0.1, -0.05) is 0 Å². The van der Waals surface area contributed by atoms with Gasteiger partial charge in [-0.3, -0.25) is 4.98 Å². The Balaban J connectivity index is 2.36. The third-order valence-electron chi connectivity index (χ3n) is 1.90. The van der Waals surface area contributed by atoms with E-state index in [0.29, 0.717) is 0 Å². The maximum Gasteiger partial charge on any atom is 0.0638 e. The minimum Gasteiger partial charge on any atom is -0.384 e. The minimum absolute atomic E-state index is 0.724. The van der Waals surface area contributed by atoms with Crippen LogP contribution in [0.5, 0.6) is 0 Å². The number of nitrogens with zero attached hydrogens (tertiary/aromatic N) is 1. The molecule has 0 spiro atoms. The fraction of sp³-hybridized carbons (Fsp3) is 0.545. The zero-order valence-electron chi connectivity index (χ0n) is 9.42. The number of hydrogen-bond acceptors (Lipinski definition) is 4. The molecule has 0 aliphatic carbocycles. The van der Waals surface area contributed by atoms with Crippen molar-refractivity contribution in [3.8, 4) is 0 Å². The van der Waals surface area contributed by atoms with Crippen molar-refractivity contribution in [2.75, 3.05) is 36.9 Å². The van der Waals surface area contributed by atoms with Gasteiger partial charge in [0.05, 0.1) is 30.4 Å². The molecule has 1 aromatic heterocycles. The third-order valence-corrected chi connectivity index (χ3v) is 1.90. The molecule has 0 aliphatic heterocycles. The Morgan fingerprint density at radius 2 is 1.93 bits per heavy atom. The van der Waals surface area contributed by atoms with E-state index >= 15 is 0 Å². The maximum absolute atomic E-state index is 5.23. The number of aromatic nitrogens is 1. The van der Waals surface area contributed by atoms with Crippen LogP contribution in [0.3, 0.4) is 0 Å². The van der Waals surface area contributed by atoms with Crippen LogP contribution in [0.25, 0.3) is 0 Å². The van der Waals surface area contributed by atoms with Crippen LogP contribution >= 0.6 is 0 Å². The Labute approximate surface area is 91.1 Å². The van der Waals surface area contributed by atoms with Crippen molar-refractivity contribution in [3.05, 3.63) is 18.5 Å². The summed E-state index contributed by atoms with van der Waals surface area (Å²) >= 11 is 0. The summed E-state index contributed by atoms with van der Waals surface area (Å²) in [6.45, 7) is 7.26. The highest BCUT2D eigenvalue weighted by Gasteiger charge is 1.94. The molecular formula is C11H19N3O. The lowest BCUT2D eigenvalue weighted by Gasteiger charge is -2.08. The predicted octanol–water partition coefficient (Wildman–Crippen LogP) is 1.96. The molecule has 1 rings (SSSR count). The molecule has 0 amide bonds. The molecule has 0 aliphatic rings. The highest BCUT2D eigenvalue weighted by molar-refractivity contribution is 5.53. The first kappa shape index (κ1) is 11.8. The van der Waals surface area contributed by atoms with E-state index in [1.807, 2.05) is 25.4 Å². The van der Waals surface area contributed by atoms with E-state index in [-0.39, 0.29) is 0 Å². The van der Waals surface area contributed by atoms with Crippen LogP contribution < -0.4 is 10.6 Å². The first-order valence-corrected chi connectivity index (χ1v) is 5.37. The highest BCUT2D eigenvalue weighted by atomic mass is 16.5. The van der Waals surface area contributed by atoms with Crippen LogP contribution in [-0.4, -0.2) is 31.3 Å². The van der Waals surface area contributed by atoms with E-state index in [9.17, 15) is 0 Å². The zero-order valence-corrected chi connectivity index (χ0v) is 9.42. The number of ether oxygens (including phenoxy) is 1. The summed E-state index contributed by atoms with van der Waals surface area (Å²) in [5, 5.41) is 6.47. The van der Waals surface area contributed by atoms with Crippen molar-refractivity contribution in [1.82, 2.24) is 4.98 Å². The van der Waals surface area contributed by atoms with Gasteiger partial charge in [-0.25, -0.2) is 0 Å². The van der Waals surface area contributed by atoms with Crippen molar-refractivity contribution in [3.63, 3.8) is 0 Å². The molecule has 0 fully saturated rings. The first-order valence-electron chi connectivity index (χ1n) is 5.37. The largest absolute Gasteiger partial charge is 0.384 e. The zero-order chi connectivity index (χ0) is 10.9. The van der Waals surface area contributed by atoms with E-state index in [2.05, 4.69) is 22.5 Å². The van der Waals surface area contributed by atoms with E-state index in [1.54, 1.807) is 0 Å². The topological polar surface area (TPSA) is 46.2 Å². The number of nitrogens with one attached hydrogen (secondary N) is 2. The van der Waals surface area contributed by atoms with Gasteiger partial charge in [-0.05, 0) is 19.9 Å². The molecule has 4 nitrogen and oxygen atoms in total. The van der Waals surface area contributed by atoms with Crippen molar-refractivity contribution in [2.45, 2.75) is 13.8 Å². The van der Waals surface area contributed by atoms with Crippen molar-refractivity contribution >= 4 is 11.4 Å². The van der Waals surface area contributed by atoms with Gasteiger partial charge in [0.2, 0.25) is 0 Å². The van der Waals surface area contributed by atoms with Gasteiger partial charge in [0.1, 0.15) is 0 Å². The Morgan fingerprint density at radius 3 is 2.60 bits per heavy atom. The number of anilines is 2. The van der Waals surface area contributed by atoms with Crippen LogP contribution in [0.2, 0.25) is 0 Å². The standard InChI is InChI=1S/C11H19N3O/c1-3-13-10-7-11(9-12-8-10)14-5-6-15-4-2/h7-9,13-14H,3-6H2,1-2H3. The monoisotopic (exact) mass is 209 g/mol. The fourth-order valence-corrected chi connectivity index (χ4v) is 1.25. The van der Waals surface area contributed by atoms with Crippen molar-refractivity contribution in [2.24, 2.45) is 0 Å². The Hall–Kier alpha value is -1.29. The second-order valence-electron chi connectivity index (χ2n) is 3.12. The van der Waals surface area contributed by atoms with E-state index in [0.717, 1.165) is 37.7 Å². The summed E-state index contributed by atoms with van der Waals surface area (Å²) in [6.07, 6.45) is 3.63. The fourth-order valence-electron chi connectivity index (χ4n) is 1.25. The Bertz CT molecular complexity index is 278. The minimum atomic E-state index is 0.724. The number of pyridine rings is 1. The van der Waals surface area contributed by atoms with Crippen LogP contribution in [0.1, 0.15) is 13.8 Å². The molecule has 0 radical (unpaired) electrons. The highest BCUT2D eigenvalue weighted by Crippen LogP contribution is 2.11. The lowest BCUT2D eigenvalue weighted by atomic mass is 10.3. The molecule has 2 N–H and O–H groups in total. The summed E-state index contributed by atoms with van der Waals surface area (Å²) in [4.78, 5) is 4.14. The molecule has 1 aromatic rings. The number of hydrogen-bond donors (Lipinski definition) is 2. The first-order chi connectivity index (χ1) is 7.36. The van der Waals surface area contributed by atoms with Gasteiger partial charge < -0.3 is 15.4 Å². The lowest BCUT2D eigenvalue weighted by Crippen LogP contribution is -2.09. The lowest BCUT2D eigenvalue weighted by molar-refractivity contribution is 0.158. The van der Waals surface area contributed by atoms with Gasteiger partial charge in [0.25, 0.3) is 0 Å². The second kappa shape index (κ2) is 7.06. The van der Waals surface area contributed by atoms with Gasteiger partial charge in [0, 0.05) is 19.7 Å². The maximum atomic E-state index is 5.23.